The molecule has 0 amide bonds. The number of aromatic amines is 1. The molecule has 4 atom stereocenters. The molecule has 2 heterocycles. The van der Waals surface area contributed by atoms with E-state index in [9.17, 15) is 9.18 Å². The number of hydrogen-bond donors (Lipinski definition) is 2. The standard InChI is InChI=1S/C31H41FN4O.3C2H6.C2H4/c1-4-12-23(13-10-11-20-32)27-29(24-18-16-22(17-19-24)21-36(5-2)6-3)33-26-15-9-7-8-14-25-28(26)30(27)34-35-31(25)37;4*1-2/h7-10,12-13,15-18,24,26-27,29,33H,4-6,11,14,19-21H2,1-3H3,(H,35,37);3*1-2H3;1-2H2/b8-7-,13-10?,15-9?,23-12+;;;;. The smallest absolute Gasteiger partial charge is 0.268 e. The molecular formula is C39H63FN4O. The van der Waals surface area contributed by atoms with Gasteiger partial charge in [-0.2, -0.15) is 5.10 Å². The van der Waals surface area contributed by atoms with Gasteiger partial charge in [0.25, 0.3) is 5.56 Å². The molecule has 0 saturated heterocycles. The topological polar surface area (TPSA) is 61.0 Å². The van der Waals surface area contributed by atoms with Crippen LogP contribution < -0.4 is 10.9 Å². The molecule has 3 aliphatic rings. The Morgan fingerprint density at radius 3 is 2.33 bits per heavy atom. The predicted octanol–water partition coefficient (Wildman–Crippen LogP) is 9.51. The van der Waals surface area contributed by atoms with Crippen molar-refractivity contribution in [1.29, 1.82) is 0 Å². The van der Waals surface area contributed by atoms with Crippen molar-refractivity contribution in [3.8, 4) is 0 Å². The number of allylic oxidation sites excluding steroid dienone is 7. The molecule has 0 radical (unpaired) electrons. The van der Waals surface area contributed by atoms with Gasteiger partial charge in [-0.1, -0.05) is 123 Å². The van der Waals surface area contributed by atoms with Crippen LogP contribution >= 0.6 is 0 Å². The van der Waals surface area contributed by atoms with Crippen LogP contribution in [0.5, 0.6) is 0 Å². The largest absolute Gasteiger partial charge is 0.302 e. The van der Waals surface area contributed by atoms with Crippen molar-refractivity contribution in [3.05, 3.63) is 112 Å². The highest BCUT2D eigenvalue weighted by atomic mass is 19.1. The van der Waals surface area contributed by atoms with E-state index in [0.717, 1.165) is 54.9 Å². The Morgan fingerprint density at radius 1 is 1.07 bits per heavy atom. The zero-order chi connectivity index (χ0) is 34.2. The number of aromatic nitrogens is 2. The molecule has 0 spiro atoms. The number of rotatable bonds is 10. The van der Waals surface area contributed by atoms with Crippen LogP contribution in [-0.2, 0) is 6.42 Å². The van der Waals surface area contributed by atoms with Crippen LogP contribution in [-0.4, -0.2) is 47.4 Å². The van der Waals surface area contributed by atoms with Gasteiger partial charge in [-0.05, 0) is 55.8 Å². The summed E-state index contributed by atoms with van der Waals surface area (Å²) in [4.78, 5) is 15.3. The van der Waals surface area contributed by atoms with Gasteiger partial charge in [0.15, 0.2) is 0 Å². The highest BCUT2D eigenvalue weighted by molar-refractivity contribution is 5.48. The lowest BCUT2D eigenvalue weighted by molar-refractivity contribution is 0.316. The molecule has 4 unspecified atom stereocenters. The maximum absolute atomic E-state index is 13.0. The van der Waals surface area contributed by atoms with Crippen LogP contribution in [0.1, 0.15) is 110 Å². The Bertz CT molecular complexity index is 1190. The third-order valence-corrected chi connectivity index (χ3v) is 7.72. The number of nitrogens with one attached hydrogen (secondary N) is 2. The zero-order valence-corrected chi connectivity index (χ0v) is 29.8. The molecule has 0 aromatic carbocycles. The van der Waals surface area contributed by atoms with Crippen LogP contribution in [0.2, 0.25) is 0 Å². The van der Waals surface area contributed by atoms with Gasteiger partial charge in [0.2, 0.25) is 0 Å². The Kier molecular flexibility index (Phi) is 23.4. The minimum absolute atomic E-state index is 0.0538. The molecule has 0 saturated carbocycles. The second kappa shape index (κ2) is 25.1. The van der Waals surface area contributed by atoms with Crippen molar-refractivity contribution in [2.24, 2.45) is 5.92 Å². The number of alkyl halides is 1. The lowest BCUT2D eigenvalue weighted by Gasteiger charge is -2.42. The van der Waals surface area contributed by atoms with Gasteiger partial charge in [0.1, 0.15) is 0 Å². The van der Waals surface area contributed by atoms with E-state index in [1.807, 2.05) is 59.8 Å². The summed E-state index contributed by atoms with van der Waals surface area (Å²) in [6, 6.07) is -0.00899. The van der Waals surface area contributed by atoms with E-state index < -0.39 is 0 Å². The molecule has 2 aliphatic carbocycles. The SMILES string of the molecule is C=C.CC.CC.CC.CC/C=C(\C=CCCF)C1c2n[nH]c(=O)c3c2C(C=C/C=C\C3)NC1C1C=CC(CN(CC)CC)=CC1. The van der Waals surface area contributed by atoms with Gasteiger partial charge in [-0.25, -0.2) is 5.10 Å². The normalized spacial score (nSPS) is 22.0. The van der Waals surface area contributed by atoms with Crippen molar-refractivity contribution in [3.63, 3.8) is 0 Å². The molecule has 6 heteroatoms. The van der Waals surface area contributed by atoms with Crippen LogP contribution in [0.15, 0.2) is 89.9 Å². The van der Waals surface area contributed by atoms with Gasteiger partial charge in [-0.3, -0.25) is 14.1 Å². The molecule has 1 aromatic rings. The van der Waals surface area contributed by atoms with E-state index in [-0.39, 0.29) is 36.2 Å². The van der Waals surface area contributed by atoms with E-state index in [4.69, 9.17) is 0 Å². The fraction of sp³-hybridized carbons (Fsp3) is 0.538. The molecule has 1 aliphatic heterocycles. The number of hydrogen-bond acceptors (Lipinski definition) is 4. The lowest BCUT2D eigenvalue weighted by Crippen LogP contribution is -2.49. The first-order valence-electron chi connectivity index (χ1n) is 17.3. The van der Waals surface area contributed by atoms with Crippen LogP contribution in [0.3, 0.4) is 0 Å². The van der Waals surface area contributed by atoms with Crippen LogP contribution in [0, 0.1) is 5.92 Å². The highest BCUT2D eigenvalue weighted by Gasteiger charge is 2.41. The third-order valence-electron chi connectivity index (χ3n) is 7.72. The average Bonchev–Trinajstić information content (AvgIpc) is 3.09. The Hall–Kier alpha value is -3.09. The average molecular weight is 623 g/mol. The van der Waals surface area contributed by atoms with Crippen LogP contribution in [0.25, 0.3) is 0 Å². The predicted molar refractivity (Wildman–Crippen MR) is 196 cm³/mol. The second-order valence-electron chi connectivity index (χ2n) is 9.99. The Labute approximate surface area is 274 Å². The van der Waals surface area contributed by atoms with E-state index >= 15 is 0 Å². The first-order valence-corrected chi connectivity index (χ1v) is 17.3. The molecule has 0 bridgehead atoms. The van der Waals surface area contributed by atoms with Crippen molar-refractivity contribution in [2.45, 2.75) is 106 Å². The number of halogens is 1. The second-order valence-corrected chi connectivity index (χ2v) is 9.99. The van der Waals surface area contributed by atoms with Crippen molar-refractivity contribution in [1.82, 2.24) is 20.4 Å². The summed E-state index contributed by atoms with van der Waals surface area (Å²) in [6.07, 6.45) is 24.2. The van der Waals surface area contributed by atoms with Crippen LogP contribution in [0.4, 0.5) is 4.39 Å². The maximum Gasteiger partial charge on any atom is 0.268 e. The minimum atomic E-state index is -0.376. The van der Waals surface area contributed by atoms with Gasteiger partial charge in [-0.15, -0.1) is 13.2 Å². The van der Waals surface area contributed by atoms with Gasteiger partial charge in [0.05, 0.1) is 18.4 Å². The first-order chi connectivity index (χ1) is 22.1. The summed E-state index contributed by atoms with van der Waals surface area (Å²) in [5.74, 6) is 0.210. The van der Waals surface area contributed by atoms with Crippen molar-refractivity contribution >= 4 is 0 Å². The van der Waals surface area contributed by atoms with Gasteiger partial charge >= 0.3 is 0 Å². The van der Waals surface area contributed by atoms with E-state index in [1.54, 1.807) is 0 Å². The summed E-state index contributed by atoms with van der Waals surface area (Å²) >= 11 is 0. The minimum Gasteiger partial charge on any atom is -0.302 e. The van der Waals surface area contributed by atoms with Crippen molar-refractivity contribution in [2.75, 3.05) is 26.3 Å². The van der Waals surface area contributed by atoms with E-state index in [1.165, 1.54) is 5.57 Å². The number of H-pyrrole nitrogens is 1. The van der Waals surface area contributed by atoms with E-state index in [2.05, 4.69) is 96.9 Å². The van der Waals surface area contributed by atoms with E-state index in [0.29, 0.717) is 12.8 Å². The molecule has 45 heavy (non-hydrogen) atoms. The quantitative estimate of drug-likeness (QED) is 0.202. The molecule has 4 rings (SSSR count). The lowest BCUT2D eigenvalue weighted by atomic mass is 9.72. The summed E-state index contributed by atoms with van der Waals surface area (Å²) in [5, 5.41) is 11.4. The first kappa shape index (κ1) is 41.9. The summed E-state index contributed by atoms with van der Waals surface area (Å²) in [7, 11) is 0. The Morgan fingerprint density at radius 2 is 1.76 bits per heavy atom. The highest BCUT2D eigenvalue weighted by Crippen LogP contribution is 2.43. The Balaban J connectivity index is 0.00000224. The monoisotopic (exact) mass is 622 g/mol. The van der Waals surface area contributed by atoms with Crippen molar-refractivity contribution < 1.29 is 4.39 Å². The number of likely N-dealkylation sites (N-methyl/N-ethyl adjacent to an activating group) is 1. The summed E-state index contributed by atoms with van der Waals surface area (Å²) in [6.45, 7) is 27.2. The molecule has 1 aromatic heterocycles. The molecular weight excluding hydrogens is 559 g/mol. The van der Waals surface area contributed by atoms with Gasteiger partial charge in [0, 0.05) is 29.6 Å². The fourth-order valence-electron chi connectivity index (χ4n) is 5.77. The maximum atomic E-state index is 13.0. The zero-order valence-electron chi connectivity index (χ0n) is 29.8. The third kappa shape index (κ3) is 12.0. The molecule has 5 nitrogen and oxygen atoms in total. The summed E-state index contributed by atoms with van der Waals surface area (Å²) in [5.41, 5.74) is 5.05. The molecule has 2 N–H and O–H groups in total. The molecule has 0 fully saturated rings. The molecule has 252 valence electrons. The fourth-order valence-corrected chi connectivity index (χ4v) is 5.77. The summed E-state index contributed by atoms with van der Waals surface area (Å²) < 4.78 is 13.0. The van der Waals surface area contributed by atoms with Gasteiger partial charge < -0.3 is 5.32 Å². The number of nitrogens with zero attached hydrogens (tertiary/aromatic N) is 2.